The number of aromatic nitrogens is 1. The molecular formula is C15H21N3O2. The standard InChI is InChI=1S/C15H21N3O2/c1-4-6-12-13(19)17-15(2,3)14(20)18(12)10-11-7-5-8-16-9-11/h5,7-9,12H,4,6,10H2,1-3H3,(H,17,19). The van der Waals surface area contributed by atoms with Crippen LogP contribution in [0.5, 0.6) is 0 Å². The second-order valence-corrected chi connectivity index (χ2v) is 5.71. The van der Waals surface area contributed by atoms with Gasteiger partial charge in [0.05, 0.1) is 0 Å². The lowest BCUT2D eigenvalue weighted by molar-refractivity contribution is -0.154. The molecule has 5 heteroatoms. The Morgan fingerprint density at radius 2 is 2.15 bits per heavy atom. The van der Waals surface area contributed by atoms with Crippen LogP contribution in [0.3, 0.4) is 0 Å². The van der Waals surface area contributed by atoms with Gasteiger partial charge in [0, 0.05) is 18.9 Å². The predicted octanol–water partition coefficient (Wildman–Crippen LogP) is 1.49. The first-order valence-corrected chi connectivity index (χ1v) is 6.97. The quantitative estimate of drug-likeness (QED) is 0.905. The smallest absolute Gasteiger partial charge is 0.248 e. The zero-order valence-corrected chi connectivity index (χ0v) is 12.2. The van der Waals surface area contributed by atoms with Crippen LogP contribution in [-0.4, -0.2) is 33.3 Å². The van der Waals surface area contributed by atoms with E-state index in [0.717, 1.165) is 12.0 Å². The highest BCUT2D eigenvalue weighted by Gasteiger charge is 2.44. The molecular weight excluding hydrogens is 254 g/mol. The highest BCUT2D eigenvalue weighted by atomic mass is 16.2. The van der Waals surface area contributed by atoms with Gasteiger partial charge in [0.25, 0.3) is 0 Å². The molecule has 2 rings (SSSR count). The minimum absolute atomic E-state index is 0.0422. The van der Waals surface area contributed by atoms with Crippen LogP contribution >= 0.6 is 0 Å². The van der Waals surface area contributed by atoms with E-state index in [1.54, 1.807) is 31.1 Å². The number of carbonyl (C=O) groups is 2. The van der Waals surface area contributed by atoms with Crippen LogP contribution in [0.2, 0.25) is 0 Å². The van der Waals surface area contributed by atoms with E-state index in [1.807, 2.05) is 19.1 Å². The van der Waals surface area contributed by atoms with E-state index in [0.29, 0.717) is 13.0 Å². The van der Waals surface area contributed by atoms with Crippen molar-refractivity contribution >= 4 is 11.8 Å². The van der Waals surface area contributed by atoms with Crippen LogP contribution in [0, 0.1) is 0 Å². The number of amides is 2. The van der Waals surface area contributed by atoms with Gasteiger partial charge in [-0.1, -0.05) is 19.4 Å². The SMILES string of the molecule is CCCC1C(=O)NC(C)(C)C(=O)N1Cc1cccnc1. The molecule has 1 saturated heterocycles. The maximum atomic E-state index is 12.6. The highest BCUT2D eigenvalue weighted by Crippen LogP contribution is 2.22. The lowest BCUT2D eigenvalue weighted by atomic mass is 9.94. The fourth-order valence-electron chi connectivity index (χ4n) is 2.52. The van der Waals surface area contributed by atoms with Crippen molar-refractivity contribution in [2.24, 2.45) is 0 Å². The summed E-state index contributed by atoms with van der Waals surface area (Å²) < 4.78 is 0. The summed E-state index contributed by atoms with van der Waals surface area (Å²) in [5.41, 5.74) is 0.0937. The molecule has 1 aromatic heterocycles. The Labute approximate surface area is 119 Å². The third kappa shape index (κ3) is 2.81. The molecule has 1 fully saturated rings. The van der Waals surface area contributed by atoms with Crippen LogP contribution in [0.4, 0.5) is 0 Å². The van der Waals surface area contributed by atoms with Crippen molar-refractivity contribution in [1.29, 1.82) is 0 Å². The van der Waals surface area contributed by atoms with E-state index in [4.69, 9.17) is 0 Å². The molecule has 1 atom stereocenters. The van der Waals surface area contributed by atoms with Gasteiger partial charge in [-0.25, -0.2) is 0 Å². The van der Waals surface area contributed by atoms with Gasteiger partial charge >= 0.3 is 0 Å². The summed E-state index contributed by atoms with van der Waals surface area (Å²) >= 11 is 0. The fraction of sp³-hybridized carbons (Fsp3) is 0.533. The Morgan fingerprint density at radius 1 is 1.40 bits per heavy atom. The topological polar surface area (TPSA) is 62.3 Å². The summed E-state index contributed by atoms with van der Waals surface area (Å²) in [5.74, 6) is -0.111. The monoisotopic (exact) mass is 275 g/mol. The maximum absolute atomic E-state index is 12.6. The fourth-order valence-corrected chi connectivity index (χ4v) is 2.52. The molecule has 0 aliphatic carbocycles. The number of hydrogen-bond acceptors (Lipinski definition) is 3. The van der Waals surface area contributed by atoms with Gasteiger partial charge in [-0.15, -0.1) is 0 Å². The molecule has 0 spiro atoms. The molecule has 1 aliphatic rings. The minimum Gasteiger partial charge on any atom is -0.340 e. The maximum Gasteiger partial charge on any atom is 0.248 e. The highest BCUT2D eigenvalue weighted by molar-refractivity contribution is 5.99. The van der Waals surface area contributed by atoms with Crippen LogP contribution in [0.25, 0.3) is 0 Å². The Morgan fingerprint density at radius 3 is 2.75 bits per heavy atom. The summed E-state index contributed by atoms with van der Waals surface area (Å²) in [6.07, 6.45) is 4.96. The van der Waals surface area contributed by atoms with Crippen molar-refractivity contribution in [1.82, 2.24) is 15.2 Å². The Balaban J connectivity index is 2.27. The third-order valence-electron chi connectivity index (χ3n) is 3.55. The molecule has 2 amide bonds. The number of hydrogen-bond donors (Lipinski definition) is 1. The average molecular weight is 275 g/mol. The van der Waals surface area contributed by atoms with Crippen molar-refractivity contribution in [2.75, 3.05) is 0 Å². The van der Waals surface area contributed by atoms with Crippen molar-refractivity contribution < 1.29 is 9.59 Å². The van der Waals surface area contributed by atoms with E-state index < -0.39 is 5.54 Å². The first-order valence-electron chi connectivity index (χ1n) is 6.97. The molecule has 2 heterocycles. The summed E-state index contributed by atoms with van der Waals surface area (Å²) in [6.45, 7) is 5.92. The first kappa shape index (κ1) is 14.5. The predicted molar refractivity (Wildman–Crippen MR) is 75.7 cm³/mol. The molecule has 1 N–H and O–H groups in total. The number of rotatable bonds is 4. The van der Waals surface area contributed by atoms with E-state index in [-0.39, 0.29) is 17.9 Å². The molecule has 0 bridgehead atoms. The van der Waals surface area contributed by atoms with Crippen LogP contribution < -0.4 is 5.32 Å². The number of nitrogens with zero attached hydrogens (tertiary/aromatic N) is 2. The summed E-state index contributed by atoms with van der Waals surface area (Å²) in [7, 11) is 0. The van der Waals surface area contributed by atoms with Gasteiger partial charge in [-0.05, 0) is 31.9 Å². The molecule has 0 saturated carbocycles. The average Bonchev–Trinajstić information content (AvgIpc) is 2.41. The van der Waals surface area contributed by atoms with E-state index >= 15 is 0 Å². The molecule has 1 aliphatic heterocycles. The first-order chi connectivity index (χ1) is 9.45. The molecule has 5 nitrogen and oxygen atoms in total. The molecule has 1 unspecified atom stereocenters. The number of carbonyl (C=O) groups excluding carboxylic acids is 2. The number of pyridine rings is 1. The Hall–Kier alpha value is -1.91. The third-order valence-corrected chi connectivity index (χ3v) is 3.55. The summed E-state index contributed by atoms with van der Waals surface area (Å²) in [6, 6.07) is 3.37. The Bertz CT molecular complexity index is 499. The molecule has 1 aromatic rings. The zero-order valence-electron chi connectivity index (χ0n) is 12.2. The van der Waals surface area contributed by atoms with Crippen molar-refractivity contribution in [3.8, 4) is 0 Å². The molecule has 0 aromatic carbocycles. The second kappa shape index (κ2) is 5.61. The molecule has 0 radical (unpaired) electrons. The lowest BCUT2D eigenvalue weighted by Crippen LogP contribution is -2.67. The van der Waals surface area contributed by atoms with E-state index in [9.17, 15) is 9.59 Å². The lowest BCUT2D eigenvalue weighted by Gasteiger charge is -2.42. The summed E-state index contributed by atoms with van der Waals surface area (Å²) in [5, 5.41) is 2.81. The van der Waals surface area contributed by atoms with Crippen molar-refractivity contribution in [3.63, 3.8) is 0 Å². The van der Waals surface area contributed by atoms with E-state index in [2.05, 4.69) is 10.3 Å². The normalized spacial score (nSPS) is 21.8. The number of piperazine rings is 1. The molecule has 108 valence electrons. The van der Waals surface area contributed by atoms with Gasteiger partial charge in [0.2, 0.25) is 11.8 Å². The van der Waals surface area contributed by atoms with Crippen molar-refractivity contribution in [3.05, 3.63) is 30.1 Å². The Kier molecular flexibility index (Phi) is 4.06. The van der Waals surface area contributed by atoms with Crippen LogP contribution in [0.15, 0.2) is 24.5 Å². The zero-order chi connectivity index (χ0) is 14.8. The van der Waals surface area contributed by atoms with Crippen molar-refractivity contribution in [2.45, 2.75) is 51.7 Å². The van der Waals surface area contributed by atoms with Gasteiger partial charge in [-0.2, -0.15) is 0 Å². The minimum atomic E-state index is -0.844. The number of nitrogens with one attached hydrogen (secondary N) is 1. The van der Waals surface area contributed by atoms with Crippen LogP contribution in [-0.2, 0) is 16.1 Å². The van der Waals surface area contributed by atoms with Gasteiger partial charge < -0.3 is 10.2 Å². The largest absolute Gasteiger partial charge is 0.340 e. The second-order valence-electron chi connectivity index (χ2n) is 5.71. The molecule has 20 heavy (non-hydrogen) atoms. The van der Waals surface area contributed by atoms with Gasteiger partial charge in [0.1, 0.15) is 11.6 Å². The van der Waals surface area contributed by atoms with Gasteiger partial charge in [-0.3, -0.25) is 14.6 Å². The summed E-state index contributed by atoms with van der Waals surface area (Å²) in [4.78, 5) is 30.5. The van der Waals surface area contributed by atoms with Crippen LogP contribution in [0.1, 0.15) is 39.2 Å². The van der Waals surface area contributed by atoms with Gasteiger partial charge in [0.15, 0.2) is 0 Å². The van der Waals surface area contributed by atoms with E-state index in [1.165, 1.54) is 0 Å².